The third-order valence-electron chi connectivity index (χ3n) is 6.98. The van der Waals surface area contributed by atoms with Crippen molar-refractivity contribution in [2.45, 2.75) is 68.8 Å². The van der Waals surface area contributed by atoms with Gasteiger partial charge < -0.3 is 0 Å². The molecule has 1 saturated heterocycles. The number of piperidine rings is 1. The lowest BCUT2D eigenvalue weighted by molar-refractivity contribution is 0.122. The second kappa shape index (κ2) is 10.0. The molecule has 0 amide bonds. The molecule has 4 rings (SSSR count). The lowest BCUT2D eigenvalue weighted by Crippen LogP contribution is -2.51. The summed E-state index contributed by atoms with van der Waals surface area (Å²) in [6.45, 7) is 4.17. The fourth-order valence-corrected chi connectivity index (χ4v) is 6.56. The van der Waals surface area contributed by atoms with Gasteiger partial charge in [0.2, 0.25) is 10.0 Å². The second-order valence-corrected chi connectivity index (χ2v) is 11.2. The summed E-state index contributed by atoms with van der Waals surface area (Å²) in [7, 11) is -3.48. The van der Waals surface area contributed by atoms with E-state index in [1.807, 2.05) is 24.3 Å². The Balaban J connectivity index is 1.33. The maximum Gasteiger partial charge on any atom is 0.240 e. The van der Waals surface area contributed by atoms with Crippen molar-refractivity contribution in [1.29, 1.82) is 0 Å². The van der Waals surface area contributed by atoms with Gasteiger partial charge in [-0.25, -0.2) is 13.1 Å². The minimum atomic E-state index is -3.48. The molecular formula is C25H33ClN2O2S. The summed E-state index contributed by atoms with van der Waals surface area (Å²) in [5.41, 5.74) is 2.50. The Morgan fingerprint density at radius 3 is 2.23 bits per heavy atom. The number of aryl methyl sites for hydroxylation is 1. The smallest absolute Gasteiger partial charge is 0.240 e. The first kappa shape index (κ1) is 22.8. The number of sulfonamides is 1. The molecular weight excluding hydrogens is 428 g/mol. The van der Waals surface area contributed by atoms with Crippen LogP contribution >= 0.6 is 11.6 Å². The lowest BCUT2D eigenvalue weighted by Gasteiger charge is -2.38. The van der Waals surface area contributed by atoms with Gasteiger partial charge in [-0.3, -0.25) is 4.90 Å². The molecule has 1 aliphatic heterocycles. The maximum atomic E-state index is 13.0. The predicted octanol–water partition coefficient (Wildman–Crippen LogP) is 5.06. The average molecular weight is 461 g/mol. The molecule has 1 heterocycles. The summed E-state index contributed by atoms with van der Waals surface area (Å²) in [6.07, 6.45) is 7.41. The van der Waals surface area contributed by atoms with Crippen molar-refractivity contribution in [3.63, 3.8) is 0 Å². The molecule has 0 radical (unpaired) electrons. The summed E-state index contributed by atoms with van der Waals surface area (Å²) >= 11 is 6.00. The van der Waals surface area contributed by atoms with Gasteiger partial charge in [-0.15, -0.1) is 0 Å². The van der Waals surface area contributed by atoms with E-state index in [2.05, 4.69) is 28.7 Å². The summed E-state index contributed by atoms with van der Waals surface area (Å²) in [5, 5.41) is 0.787. The number of rotatable bonds is 7. The third-order valence-corrected chi connectivity index (χ3v) is 8.74. The molecule has 1 N–H and O–H groups in total. The molecule has 0 spiro atoms. The SMILES string of the molecule is CCc1ccc(S(=O)(=O)N[C@@H]2CCC[C@H]2N2CCC(Cc3ccc(Cl)cc3)CC2)cc1. The number of benzene rings is 2. The first-order valence-corrected chi connectivity index (χ1v) is 13.4. The molecule has 31 heavy (non-hydrogen) atoms. The molecule has 6 heteroatoms. The highest BCUT2D eigenvalue weighted by Crippen LogP contribution is 2.30. The van der Waals surface area contributed by atoms with E-state index in [4.69, 9.17) is 11.6 Å². The number of hydrogen-bond donors (Lipinski definition) is 1. The van der Waals surface area contributed by atoms with Gasteiger partial charge >= 0.3 is 0 Å². The van der Waals surface area contributed by atoms with Crippen LogP contribution in [0.2, 0.25) is 5.02 Å². The van der Waals surface area contributed by atoms with Gasteiger partial charge in [-0.1, -0.05) is 49.2 Å². The first-order chi connectivity index (χ1) is 14.9. The predicted molar refractivity (Wildman–Crippen MR) is 127 cm³/mol. The van der Waals surface area contributed by atoms with E-state index in [0.717, 1.165) is 68.6 Å². The molecule has 1 aliphatic carbocycles. The van der Waals surface area contributed by atoms with Crippen molar-refractivity contribution >= 4 is 21.6 Å². The Morgan fingerprint density at radius 1 is 0.935 bits per heavy atom. The number of nitrogens with one attached hydrogen (secondary N) is 1. The van der Waals surface area contributed by atoms with Crippen molar-refractivity contribution in [3.8, 4) is 0 Å². The van der Waals surface area contributed by atoms with Crippen LogP contribution in [-0.2, 0) is 22.9 Å². The first-order valence-electron chi connectivity index (χ1n) is 11.5. The van der Waals surface area contributed by atoms with Crippen LogP contribution in [0, 0.1) is 5.92 Å². The van der Waals surface area contributed by atoms with E-state index in [1.54, 1.807) is 12.1 Å². The van der Waals surface area contributed by atoms with Gasteiger partial charge in [0, 0.05) is 17.1 Å². The van der Waals surface area contributed by atoms with Gasteiger partial charge in [-0.05, 0) is 92.9 Å². The Kier molecular flexibility index (Phi) is 7.37. The highest BCUT2D eigenvalue weighted by Gasteiger charge is 2.36. The van der Waals surface area contributed by atoms with Gasteiger partial charge in [0.25, 0.3) is 0 Å². The number of likely N-dealkylation sites (tertiary alicyclic amines) is 1. The Morgan fingerprint density at radius 2 is 1.58 bits per heavy atom. The molecule has 1 saturated carbocycles. The van der Waals surface area contributed by atoms with Crippen LogP contribution < -0.4 is 4.72 Å². The summed E-state index contributed by atoms with van der Waals surface area (Å²) in [6, 6.07) is 15.8. The van der Waals surface area contributed by atoms with Crippen molar-refractivity contribution in [2.75, 3.05) is 13.1 Å². The minimum Gasteiger partial charge on any atom is -0.299 e. The van der Waals surface area contributed by atoms with Crippen LogP contribution in [0.15, 0.2) is 53.4 Å². The Bertz CT molecular complexity index is 952. The van der Waals surface area contributed by atoms with E-state index in [1.165, 1.54) is 5.56 Å². The van der Waals surface area contributed by atoms with Crippen LogP contribution in [-0.4, -0.2) is 38.5 Å². The number of nitrogens with zero attached hydrogens (tertiary/aromatic N) is 1. The fraction of sp³-hybridized carbons (Fsp3) is 0.520. The molecule has 4 nitrogen and oxygen atoms in total. The summed E-state index contributed by atoms with van der Waals surface area (Å²) < 4.78 is 28.9. The third kappa shape index (κ3) is 5.70. The highest BCUT2D eigenvalue weighted by atomic mass is 35.5. The van der Waals surface area contributed by atoms with E-state index in [9.17, 15) is 8.42 Å². The Hall–Kier alpha value is -1.40. The Labute approximate surface area is 192 Å². The maximum absolute atomic E-state index is 13.0. The lowest BCUT2D eigenvalue weighted by atomic mass is 9.89. The molecule has 2 aromatic carbocycles. The molecule has 168 valence electrons. The summed E-state index contributed by atoms with van der Waals surface area (Å²) in [4.78, 5) is 2.90. The largest absolute Gasteiger partial charge is 0.299 e. The monoisotopic (exact) mass is 460 g/mol. The topological polar surface area (TPSA) is 49.4 Å². The van der Waals surface area contributed by atoms with Crippen molar-refractivity contribution in [1.82, 2.24) is 9.62 Å². The van der Waals surface area contributed by atoms with Gasteiger partial charge in [-0.2, -0.15) is 0 Å². The molecule has 2 atom stereocenters. The van der Waals surface area contributed by atoms with E-state index in [0.29, 0.717) is 16.9 Å². The average Bonchev–Trinajstić information content (AvgIpc) is 3.23. The minimum absolute atomic E-state index is 0.00340. The quantitative estimate of drug-likeness (QED) is 0.628. The fourth-order valence-electron chi connectivity index (χ4n) is 5.13. The van der Waals surface area contributed by atoms with Gasteiger partial charge in [0.1, 0.15) is 0 Å². The number of halogens is 1. The molecule has 0 bridgehead atoms. The molecule has 2 aromatic rings. The van der Waals surface area contributed by atoms with E-state index in [-0.39, 0.29) is 6.04 Å². The van der Waals surface area contributed by atoms with Crippen molar-refractivity contribution in [2.24, 2.45) is 5.92 Å². The zero-order chi connectivity index (χ0) is 21.8. The standard InChI is InChI=1S/C25H33ClN2O2S/c1-2-19-8-12-23(13-9-19)31(29,30)27-24-4-3-5-25(24)28-16-14-21(15-17-28)18-20-6-10-22(26)11-7-20/h6-13,21,24-25,27H,2-5,14-18H2,1H3/t24-,25-/m1/s1. The molecule has 0 aromatic heterocycles. The number of hydrogen-bond acceptors (Lipinski definition) is 3. The second-order valence-electron chi connectivity index (χ2n) is 9.03. The van der Waals surface area contributed by atoms with Gasteiger partial charge in [0.15, 0.2) is 0 Å². The van der Waals surface area contributed by atoms with Crippen LogP contribution in [0.1, 0.15) is 50.2 Å². The van der Waals surface area contributed by atoms with Crippen LogP contribution in [0.5, 0.6) is 0 Å². The van der Waals surface area contributed by atoms with Crippen LogP contribution in [0.3, 0.4) is 0 Å². The molecule has 0 unspecified atom stereocenters. The van der Waals surface area contributed by atoms with Crippen LogP contribution in [0.4, 0.5) is 0 Å². The van der Waals surface area contributed by atoms with Crippen molar-refractivity contribution < 1.29 is 8.42 Å². The van der Waals surface area contributed by atoms with Gasteiger partial charge in [0.05, 0.1) is 4.90 Å². The highest BCUT2D eigenvalue weighted by molar-refractivity contribution is 7.89. The van der Waals surface area contributed by atoms with E-state index >= 15 is 0 Å². The molecule has 2 fully saturated rings. The normalized spacial score (nSPS) is 23.3. The van der Waals surface area contributed by atoms with Crippen molar-refractivity contribution in [3.05, 3.63) is 64.7 Å². The van der Waals surface area contributed by atoms with E-state index < -0.39 is 10.0 Å². The van der Waals surface area contributed by atoms with Crippen LogP contribution in [0.25, 0.3) is 0 Å². The summed E-state index contributed by atoms with van der Waals surface area (Å²) in [5.74, 6) is 0.686. The zero-order valence-corrected chi connectivity index (χ0v) is 19.8. The zero-order valence-electron chi connectivity index (χ0n) is 18.3. The molecule has 2 aliphatic rings.